The molecule has 0 spiro atoms. The molecule has 3 aromatic rings. The smallest absolute Gasteiger partial charge is 0.248 e. The van der Waals surface area contributed by atoms with E-state index in [2.05, 4.69) is 50.8 Å². The van der Waals surface area contributed by atoms with Crippen molar-refractivity contribution in [3.8, 4) is 0 Å². The van der Waals surface area contributed by atoms with Crippen LogP contribution in [0.25, 0.3) is 10.9 Å². The van der Waals surface area contributed by atoms with Crippen LogP contribution < -0.4 is 5.32 Å². The van der Waals surface area contributed by atoms with Gasteiger partial charge in [0.2, 0.25) is 11.1 Å². The van der Waals surface area contributed by atoms with Crippen LogP contribution >= 0.6 is 11.8 Å². The zero-order chi connectivity index (χ0) is 17.5. The number of hydrogen-bond donors (Lipinski definition) is 2. The van der Waals surface area contributed by atoms with Crippen molar-refractivity contribution in [3.05, 3.63) is 36.0 Å². The molecule has 0 amide bonds. The molecule has 134 valence electrons. The van der Waals surface area contributed by atoms with Crippen molar-refractivity contribution in [1.82, 2.24) is 25.1 Å². The van der Waals surface area contributed by atoms with Crippen LogP contribution in [-0.2, 0) is 13.0 Å². The van der Waals surface area contributed by atoms with Crippen LogP contribution in [0.15, 0.2) is 40.6 Å². The largest absolute Gasteiger partial charge is 0.361 e. The number of benzene rings is 1. The lowest BCUT2D eigenvalue weighted by Gasteiger charge is -2.20. The summed E-state index contributed by atoms with van der Waals surface area (Å²) in [5, 5.41) is 10.4. The first kappa shape index (κ1) is 16.1. The highest BCUT2D eigenvalue weighted by Crippen LogP contribution is 2.32. The van der Waals surface area contributed by atoms with Gasteiger partial charge in [-0.15, -0.1) is 5.10 Å². The lowest BCUT2D eigenvalue weighted by atomic mass is 10.0. The Hall–Kier alpha value is -2.12. The fourth-order valence-electron chi connectivity index (χ4n) is 4.16. The first-order chi connectivity index (χ1) is 12.8. The summed E-state index contributed by atoms with van der Waals surface area (Å²) >= 11 is 1.57. The van der Waals surface area contributed by atoms with Gasteiger partial charge in [-0.2, -0.15) is 4.98 Å². The SMILES string of the molecule is CSc1nc2n(n1)CC1CCC(NCCc3c[nH]c4ccccc34)C1=N2. The number of hydrogen-bond acceptors (Lipinski definition) is 5. The molecule has 7 heteroatoms. The molecular weight excluding hydrogens is 344 g/mol. The standard InChI is InChI=1S/C19H22N6S/c1-26-19-23-18-22-17-13(11-25(18)24-19)6-7-16(17)20-9-8-12-10-21-15-5-3-2-4-14(12)15/h2-5,10,13,16,20-21H,6-9,11H2,1H3. The third kappa shape index (κ3) is 2.75. The number of nitrogens with zero attached hydrogens (tertiary/aromatic N) is 4. The van der Waals surface area contributed by atoms with Gasteiger partial charge in [0.1, 0.15) is 0 Å². The Balaban J connectivity index is 1.28. The lowest BCUT2D eigenvalue weighted by molar-refractivity contribution is 0.490. The summed E-state index contributed by atoms with van der Waals surface area (Å²) in [4.78, 5) is 12.7. The Bertz CT molecular complexity index is 971. The molecule has 2 atom stereocenters. The number of aliphatic imine (C=N–C) groups is 1. The molecule has 1 saturated carbocycles. The molecule has 1 aliphatic carbocycles. The van der Waals surface area contributed by atoms with Crippen LogP contribution in [0.4, 0.5) is 5.95 Å². The second-order valence-corrected chi connectivity index (χ2v) is 7.78. The molecule has 6 nitrogen and oxygen atoms in total. The average molecular weight is 366 g/mol. The number of rotatable bonds is 5. The number of nitrogens with one attached hydrogen (secondary N) is 2. The van der Waals surface area contributed by atoms with Gasteiger partial charge >= 0.3 is 0 Å². The van der Waals surface area contributed by atoms with Crippen LogP contribution in [0.1, 0.15) is 18.4 Å². The first-order valence-corrected chi connectivity index (χ1v) is 10.4. The van der Waals surface area contributed by atoms with E-state index in [0.29, 0.717) is 12.0 Å². The van der Waals surface area contributed by atoms with Gasteiger partial charge in [0, 0.05) is 34.8 Å². The molecule has 1 aromatic carbocycles. The third-order valence-corrected chi connectivity index (χ3v) is 6.01. The maximum absolute atomic E-state index is 4.85. The average Bonchev–Trinajstić information content (AvgIpc) is 3.37. The van der Waals surface area contributed by atoms with Crippen molar-refractivity contribution in [2.24, 2.45) is 10.9 Å². The minimum absolute atomic E-state index is 0.369. The summed E-state index contributed by atoms with van der Waals surface area (Å²) < 4.78 is 1.97. The van der Waals surface area contributed by atoms with Crippen molar-refractivity contribution in [2.75, 3.05) is 12.8 Å². The maximum Gasteiger partial charge on any atom is 0.248 e. The summed E-state index contributed by atoms with van der Waals surface area (Å²) in [6.45, 7) is 1.88. The zero-order valence-electron chi connectivity index (χ0n) is 14.8. The Morgan fingerprint density at radius 2 is 2.23 bits per heavy atom. The van der Waals surface area contributed by atoms with E-state index in [0.717, 1.165) is 37.0 Å². The van der Waals surface area contributed by atoms with Crippen molar-refractivity contribution < 1.29 is 0 Å². The number of thioether (sulfide) groups is 1. The Kier molecular flexibility index (Phi) is 4.05. The van der Waals surface area contributed by atoms with Gasteiger partial charge in [0.05, 0.1) is 6.54 Å². The van der Waals surface area contributed by atoms with E-state index in [1.165, 1.54) is 28.6 Å². The van der Waals surface area contributed by atoms with Crippen LogP contribution in [0.2, 0.25) is 0 Å². The molecular formula is C19H22N6S. The molecule has 3 heterocycles. The first-order valence-electron chi connectivity index (χ1n) is 9.17. The van der Waals surface area contributed by atoms with Gasteiger partial charge in [-0.1, -0.05) is 30.0 Å². The zero-order valence-corrected chi connectivity index (χ0v) is 15.6. The summed E-state index contributed by atoms with van der Waals surface area (Å²) in [6, 6.07) is 8.86. The Morgan fingerprint density at radius 3 is 3.15 bits per heavy atom. The molecule has 5 rings (SSSR count). The number of fused-ring (bicyclic) bond motifs is 3. The number of aromatic amines is 1. The minimum atomic E-state index is 0.369. The van der Waals surface area contributed by atoms with E-state index in [1.807, 2.05) is 10.9 Å². The number of H-pyrrole nitrogens is 1. The van der Waals surface area contributed by atoms with Crippen molar-refractivity contribution >= 4 is 34.3 Å². The topological polar surface area (TPSA) is 70.9 Å². The minimum Gasteiger partial charge on any atom is -0.361 e. The second-order valence-electron chi connectivity index (χ2n) is 7.01. The Morgan fingerprint density at radius 1 is 1.31 bits per heavy atom. The van der Waals surface area contributed by atoms with Crippen molar-refractivity contribution in [3.63, 3.8) is 0 Å². The molecule has 2 N–H and O–H groups in total. The highest BCUT2D eigenvalue weighted by molar-refractivity contribution is 7.98. The van der Waals surface area contributed by atoms with Gasteiger partial charge in [-0.25, -0.2) is 9.67 Å². The van der Waals surface area contributed by atoms with E-state index in [-0.39, 0.29) is 0 Å². The molecule has 0 bridgehead atoms. The third-order valence-electron chi connectivity index (χ3n) is 5.48. The Labute approximate surface area is 156 Å². The molecule has 1 fully saturated rings. The summed E-state index contributed by atoms with van der Waals surface area (Å²) in [5.41, 5.74) is 3.86. The van der Waals surface area contributed by atoms with Gasteiger partial charge in [0.25, 0.3) is 0 Å². The second kappa shape index (κ2) is 6.55. The summed E-state index contributed by atoms with van der Waals surface area (Å²) in [7, 11) is 0. The van der Waals surface area contributed by atoms with Crippen LogP contribution in [0, 0.1) is 5.92 Å². The fourth-order valence-corrected chi connectivity index (χ4v) is 4.51. The molecule has 1 aliphatic heterocycles. The van der Waals surface area contributed by atoms with E-state index in [4.69, 9.17) is 4.99 Å². The van der Waals surface area contributed by atoms with E-state index in [1.54, 1.807) is 11.8 Å². The molecule has 2 aliphatic rings. The predicted molar refractivity (Wildman–Crippen MR) is 105 cm³/mol. The normalized spacial score (nSPS) is 21.7. The van der Waals surface area contributed by atoms with Gasteiger partial charge in [-0.3, -0.25) is 0 Å². The predicted octanol–water partition coefficient (Wildman–Crippen LogP) is 3.18. The highest BCUT2D eigenvalue weighted by Gasteiger charge is 2.35. The molecule has 2 aromatic heterocycles. The number of aromatic nitrogens is 4. The summed E-state index contributed by atoms with van der Waals surface area (Å²) in [5.74, 6) is 1.27. The summed E-state index contributed by atoms with van der Waals surface area (Å²) in [6.07, 6.45) is 7.49. The van der Waals surface area contributed by atoms with Crippen LogP contribution in [0.3, 0.4) is 0 Å². The number of para-hydroxylation sites is 1. The van der Waals surface area contributed by atoms with E-state index >= 15 is 0 Å². The lowest BCUT2D eigenvalue weighted by Crippen LogP contribution is -2.37. The maximum atomic E-state index is 4.85. The highest BCUT2D eigenvalue weighted by atomic mass is 32.2. The quantitative estimate of drug-likeness (QED) is 0.681. The van der Waals surface area contributed by atoms with Gasteiger partial charge in [0.15, 0.2) is 0 Å². The fraction of sp³-hybridized carbons (Fsp3) is 0.421. The molecule has 26 heavy (non-hydrogen) atoms. The molecule has 0 saturated heterocycles. The van der Waals surface area contributed by atoms with E-state index < -0.39 is 0 Å². The van der Waals surface area contributed by atoms with E-state index in [9.17, 15) is 0 Å². The van der Waals surface area contributed by atoms with Crippen LogP contribution in [0.5, 0.6) is 0 Å². The van der Waals surface area contributed by atoms with Gasteiger partial charge < -0.3 is 10.3 Å². The van der Waals surface area contributed by atoms with Crippen LogP contribution in [-0.4, -0.2) is 44.3 Å². The van der Waals surface area contributed by atoms with Crippen molar-refractivity contribution in [2.45, 2.75) is 37.0 Å². The molecule has 2 unspecified atom stereocenters. The molecule has 0 radical (unpaired) electrons. The van der Waals surface area contributed by atoms with Crippen molar-refractivity contribution in [1.29, 1.82) is 0 Å². The van der Waals surface area contributed by atoms with Gasteiger partial charge in [-0.05, 0) is 43.7 Å². The monoisotopic (exact) mass is 366 g/mol.